The molecule has 0 bridgehead atoms. The van der Waals surface area contributed by atoms with Crippen LogP contribution in [0.15, 0.2) is 23.2 Å². The number of ketones is 1. The average molecular weight is 217 g/mol. The van der Waals surface area contributed by atoms with Crippen LogP contribution < -0.4 is 0 Å². The largest absolute Gasteiger partial charge is 0.294 e. The number of Topliss-reactive ketones (excluding diaryl/α,β-unsaturated/α-hetero) is 1. The zero-order chi connectivity index (χ0) is 9.02. The fraction of sp³-hybridized carbons (Fsp3) is 0.444. The number of hydrogen-bond acceptors (Lipinski definition) is 1. The van der Waals surface area contributed by atoms with Gasteiger partial charge in [0.05, 0.1) is 4.48 Å². The second-order valence-corrected chi connectivity index (χ2v) is 3.32. The van der Waals surface area contributed by atoms with Gasteiger partial charge in [-0.3, -0.25) is 4.79 Å². The lowest BCUT2D eigenvalue weighted by Crippen LogP contribution is -1.92. The van der Waals surface area contributed by atoms with Gasteiger partial charge in [0.25, 0.3) is 0 Å². The van der Waals surface area contributed by atoms with Gasteiger partial charge in [-0.2, -0.15) is 0 Å². The second-order valence-electron chi connectivity index (χ2n) is 2.53. The van der Waals surface area contributed by atoms with Gasteiger partial charge in [0.1, 0.15) is 0 Å². The minimum absolute atomic E-state index is 0.250. The monoisotopic (exact) mass is 216 g/mol. The Kier molecular flexibility index (Phi) is 4.34. The van der Waals surface area contributed by atoms with E-state index in [-0.39, 0.29) is 5.78 Å². The lowest BCUT2D eigenvalue weighted by molar-refractivity contribution is -0.114. The molecular weight excluding hydrogens is 204 g/mol. The molecule has 0 spiro atoms. The van der Waals surface area contributed by atoms with Crippen molar-refractivity contribution in [2.24, 2.45) is 5.92 Å². The highest BCUT2D eigenvalue weighted by atomic mass is 79.9. The number of allylic oxidation sites excluding steroid dienone is 2. The zero-order valence-corrected chi connectivity index (χ0v) is 8.57. The molecule has 0 aromatic carbocycles. The summed E-state index contributed by atoms with van der Waals surface area (Å²) < 4.78 is 0.801. The van der Waals surface area contributed by atoms with E-state index in [4.69, 9.17) is 0 Å². The highest BCUT2D eigenvalue weighted by Crippen LogP contribution is 2.31. The molecule has 1 atom stereocenters. The normalized spacial score (nSPS) is 23.2. The van der Waals surface area contributed by atoms with E-state index in [1.165, 1.54) is 5.57 Å². The maximum absolute atomic E-state index is 10.9. The Labute approximate surface area is 76.3 Å². The lowest BCUT2D eigenvalue weighted by Gasteiger charge is -1.97. The first-order chi connectivity index (χ1) is 5.13. The second kappa shape index (κ2) is 4.50. The third kappa shape index (κ3) is 2.29. The molecule has 2 heteroatoms. The van der Waals surface area contributed by atoms with Gasteiger partial charge in [-0.15, -0.1) is 13.2 Å². The van der Waals surface area contributed by atoms with Crippen molar-refractivity contribution >= 4 is 21.7 Å². The summed E-state index contributed by atoms with van der Waals surface area (Å²) in [5.74, 6) is 0.701. The maximum atomic E-state index is 10.9. The molecule has 11 heavy (non-hydrogen) atoms. The number of carbonyl (C=O) groups excluding carboxylic acids is 1. The van der Waals surface area contributed by atoms with E-state index >= 15 is 0 Å². The number of hydrogen-bond donors (Lipinski definition) is 0. The van der Waals surface area contributed by atoms with Crippen molar-refractivity contribution in [3.63, 3.8) is 0 Å². The molecule has 0 aliphatic heterocycles. The Morgan fingerprint density at radius 2 is 2.00 bits per heavy atom. The Morgan fingerprint density at radius 1 is 1.55 bits per heavy atom. The van der Waals surface area contributed by atoms with Crippen LogP contribution in [0.5, 0.6) is 0 Å². The molecule has 1 unspecified atom stereocenters. The Bertz CT molecular complexity index is 194. The van der Waals surface area contributed by atoms with E-state index in [0.29, 0.717) is 12.3 Å². The summed E-state index contributed by atoms with van der Waals surface area (Å²) in [5.41, 5.74) is 1.19. The molecule has 0 aromatic rings. The van der Waals surface area contributed by atoms with Gasteiger partial charge in [0.2, 0.25) is 0 Å². The third-order valence-corrected chi connectivity index (χ3v) is 2.89. The van der Waals surface area contributed by atoms with E-state index in [1.54, 1.807) is 0 Å². The van der Waals surface area contributed by atoms with E-state index in [2.05, 4.69) is 36.0 Å². The quantitative estimate of drug-likeness (QED) is 0.570. The summed E-state index contributed by atoms with van der Waals surface area (Å²) in [4.78, 5) is 10.9. The smallest absolute Gasteiger partial charge is 0.170 e. The topological polar surface area (TPSA) is 17.1 Å². The molecule has 1 aliphatic rings. The van der Waals surface area contributed by atoms with Crippen LogP contribution in [-0.4, -0.2) is 5.78 Å². The summed E-state index contributed by atoms with van der Waals surface area (Å²) in [6.07, 6.45) is 0.687. The Hall–Kier alpha value is -0.370. The number of halogens is 1. The van der Waals surface area contributed by atoms with Crippen LogP contribution in [0, 0.1) is 5.92 Å². The SMILES string of the molecule is C=C.CC1=C(Br)C(=O)CC1C. The van der Waals surface area contributed by atoms with Crippen molar-refractivity contribution in [3.8, 4) is 0 Å². The van der Waals surface area contributed by atoms with Crippen LogP contribution in [0.25, 0.3) is 0 Å². The zero-order valence-electron chi connectivity index (χ0n) is 6.98. The molecule has 0 saturated heterocycles. The summed E-state index contributed by atoms with van der Waals surface area (Å²) in [5, 5.41) is 0. The molecule has 1 rings (SSSR count). The van der Waals surface area contributed by atoms with E-state index in [1.807, 2.05) is 6.92 Å². The van der Waals surface area contributed by atoms with Crippen molar-refractivity contribution in [1.82, 2.24) is 0 Å². The molecule has 0 heterocycles. The molecule has 0 amide bonds. The molecule has 0 N–H and O–H groups in total. The van der Waals surface area contributed by atoms with Crippen LogP contribution in [0.3, 0.4) is 0 Å². The third-order valence-electron chi connectivity index (χ3n) is 1.82. The fourth-order valence-electron chi connectivity index (χ4n) is 0.957. The van der Waals surface area contributed by atoms with Crippen molar-refractivity contribution in [1.29, 1.82) is 0 Å². The van der Waals surface area contributed by atoms with Crippen molar-refractivity contribution in [2.45, 2.75) is 20.3 Å². The van der Waals surface area contributed by atoms with E-state index in [0.717, 1.165) is 4.48 Å². The van der Waals surface area contributed by atoms with Crippen molar-refractivity contribution in [3.05, 3.63) is 23.2 Å². The van der Waals surface area contributed by atoms with Gasteiger partial charge in [0.15, 0.2) is 5.78 Å². The molecule has 62 valence electrons. The van der Waals surface area contributed by atoms with Gasteiger partial charge in [-0.1, -0.05) is 12.5 Å². The van der Waals surface area contributed by atoms with E-state index in [9.17, 15) is 4.79 Å². The first-order valence-electron chi connectivity index (χ1n) is 3.52. The van der Waals surface area contributed by atoms with Crippen LogP contribution in [-0.2, 0) is 4.79 Å². The van der Waals surface area contributed by atoms with Gasteiger partial charge in [-0.05, 0) is 28.8 Å². The molecular formula is C9H13BrO. The lowest BCUT2D eigenvalue weighted by atomic mass is 10.1. The molecule has 0 fully saturated rings. The summed E-state index contributed by atoms with van der Waals surface area (Å²) in [7, 11) is 0. The minimum Gasteiger partial charge on any atom is -0.294 e. The fourth-order valence-corrected chi connectivity index (χ4v) is 1.51. The first kappa shape index (κ1) is 10.6. The summed E-state index contributed by atoms with van der Waals surface area (Å²) >= 11 is 3.24. The highest BCUT2D eigenvalue weighted by molar-refractivity contribution is 9.12. The highest BCUT2D eigenvalue weighted by Gasteiger charge is 2.23. The Morgan fingerprint density at radius 3 is 2.09 bits per heavy atom. The minimum atomic E-state index is 0.250. The average Bonchev–Trinajstić information content (AvgIpc) is 2.22. The molecule has 0 aromatic heterocycles. The number of carbonyl (C=O) groups is 1. The maximum Gasteiger partial charge on any atom is 0.170 e. The van der Waals surface area contributed by atoms with Gasteiger partial charge >= 0.3 is 0 Å². The van der Waals surface area contributed by atoms with Crippen molar-refractivity contribution in [2.75, 3.05) is 0 Å². The first-order valence-corrected chi connectivity index (χ1v) is 4.31. The summed E-state index contributed by atoms with van der Waals surface area (Å²) in [6.45, 7) is 10.1. The van der Waals surface area contributed by atoms with E-state index < -0.39 is 0 Å². The molecule has 0 radical (unpaired) electrons. The standard InChI is InChI=1S/C7H9BrO.C2H4/c1-4-3-6(9)7(8)5(4)2;1-2/h4H,3H2,1-2H3;1-2H2. The summed E-state index contributed by atoms with van der Waals surface area (Å²) in [6, 6.07) is 0. The molecule has 0 saturated carbocycles. The van der Waals surface area contributed by atoms with Crippen LogP contribution >= 0.6 is 15.9 Å². The number of rotatable bonds is 0. The van der Waals surface area contributed by atoms with Crippen LogP contribution in [0.1, 0.15) is 20.3 Å². The van der Waals surface area contributed by atoms with Gasteiger partial charge < -0.3 is 0 Å². The predicted octanol–water partition coefficient (Wildman–Crippen LogP) is 3.07. The van der Waals surface area contributed by atoms with Crippen LogP contribution in [0.2, 0.25) is 0 Å². The van der Waals surface area contributed by atoms with Gasteiger partial charge in [-0.25, -0.2) is 0 Å². The van der Waals surface area contributed by atoms with Gasteiger partial charge in [0, 0.05) is 6.42 Å². The van der Waals surface area contributed by atoms with Crippen LogP contribution in [0.4, 0.5) is 0 Å². The molecule has 1 aliphatic carbocycles. The molecule has 1 nitrogen and oxygen atoms in total. The predicted molar refractivity (Wildman–Crippen MR) is 51.7 cm³/mol. The Balaban J connectivity index is 0.000000461. The van der Waals surface area contributed by atoms with Crippen molar-refractivity contribution < 1.29 is 4.79 Å².